The van der Waals surface area contributed by atoms with Gasteiger partial charge in [0.15, 0.2) is 5.82 Å². The standard InChI is InChI=1S/C32H33FN4O2/c1-21-22(2)37(30-13-11-28(33)12-14-30)32(34-21)31(39)26-9-7-24(8-10-26)20-36-17-15-25(16-18-36)27-5-4-6-29(19-27)35-23(3)38/h4-14,19,25H,15-18,20H2,1-3H3,(H,35,38). The van der Waals surface area contributed by atoms with Crippen molar-refractivity contribution in [1.82, 2.24) is 14.5 Å². The number of amides is 1. The Morgan fingerprint density at radius 3 is 2.33 bits per heavy atom. The molecule has 0 bridgehead atoms. The summed E-state index contributed by atoms with van der Waals surface area (Å²) in [4.78, 5) is 31.8. The van der Waals surface area contributed by atoms with Gasteiger partial charge in [0.2, 0.25) is 11.7 Å². The maximum atomic E-state index is 13.5. The molecule has 0 spiro atoms. The van der Waals surface area contributed by atoms with Gasteiger partial charge in [0.05, 0.1) is 5.69 Å². The lowest BCUT2D eigenvalue weighted by atomic mass is 9.89. The molecule has 7 heteroatoms. The van der Waals surface area contributed by atoms with E-state index in [2.05, 4.69) is 27.3 Å². The van der Waals surface area contributed by atoms with Crippen LogP contribution in [0.2, 0.25) is 0 Å². The topological polar surface area (TPSA) is 67.2 Å². The highest BCUT2D eigenvalue weighted by Gasteiger charge is 2.23. The lowest BCUT2D eigenvalue weighted by Gasteiger charge is -2.32. The fraction of sp³-hybridized carbons (Fsp3) is 0.281. The van der Waals surface area contributed by atoms with Crippen molar-refractivity contribution in [2.75, 3.05) is 18.4 Å². The molecule has 0 aliphatic carbocycles. The van der Waals surface area contributed by atoms with E-state index in [4.69, 9.17) is 0 Å². The zero-order chi connectivity index (χ0) is 27.5. The first-order chi connectivity index (χ1) is 18.8. The number of aromatic nitrogens is 2. The van der Waals surface area contributed by atoms with Crippen LogP contribution in [0.1, 0.15) is 64.4 Å². The Bertz CT molecular complexity index is 1480. The van der Waals surface area contributed by atoms with Crippen LogP contribution in [0.25, 0.3) is 5.69 Å². The summed E-state index contributed by atoms with van der Waals surface area (Å²) in [7, 11) is 0. The van der Waals surface area contributed by atoms with Crippen LogP contribution in [-0.4, -0.2) is 39.2 Å². The molecule has 1 amide bonds. The van der Waals surface area contributed by atoms with Gasteiger partial charge in [0.25, 0.3) is 0 Å². The number of hydrogen-bond acceptors (Lipinski definition) is 4. The molecule has 0 saturated carbocycles. The summed E-state index contributed by atoms with van der Waals surface area (Å²) in [5, 5.41) is 2.87. The first-order valence-electron chi connectivity index (χ1n) is 13.3. The number of piperidine rings is 1. The number of ketones is 1. The van der Waals surface area contributed by atoms with Gasteiger partial charge in [0.1, 0.15) is 5.82 Å². The van der Waals surface area contributed by atoms with Crippen molar-refractivity contribution in [3.8, 4) is 5.69 Å². The Labute approximate surface area is 228 Å². The average molecular weight is 525 g/mol. The van der Waals surface area contributed by atoms with Crippen molar-refractivity contribution >= 4 is 17.4 Å². The predicted octanol–water partition coefficient (Wildman–Crippen LogP) is 6.20. The first kappa shape index (κ1) is 26.5. The van der Waals surface area contributed by atoms with Crippen LogP contribution in [0.4, 0.5) is 10.1 Å². The molecule has 0 radical (unpaired) electrons. The number of nitrogens with one attached hydrogen (secondary N) is 1. The third-order valence-corrected chi connectivity index (χ3v) is 7.52. The van der Waals surface area contributed by atoms with Gasteiger partial charge < -0.3 is 5.32 Å². The van der Waals surface area contributed by atoms with E-state index in [9.17, 15) is 14.0 Å². The van der Waals surface area contributed by atoms with Crippen LogP contribution >= 0.6 is 0 Å². The van der Waals surface area contributed by atoms with Gasteiger partial charge in [-0.3, -0.25) is 19.1 Å². The number of carbonyl (C=O) groups is 2. The van der Waals surface area contributed by atoms with Gasteiger partial charge in [-0.2, -0.15) is 0 Å². The van der Waals surface area contributed by atoms with E-state index in [1.807, 2.05) is 50.2 Å². The Morgan fingerprint density at radius 2 is 1.67 bits per heavy atom. The van der Waals surface area contributed by atoms with E-state index in [1.54, 1.807) is 16.7 Å². The minimum atomic E-state index is -0.322. The summed E-state index contributed by atoms with van der Waals surface area (Å²) in [6, 6.07) is 22.0. The number of halogens is 1. The molecule has 1 aromatic heterocycles. The lowest BCUT2D eigenvalue weighted by Crippen LogP contribution is -2.32. The Balaban J connectivity index is 1.23. The zero-order valence-corrected chi connectivity index (χ0v) is 22.6. The molecule has 39 heavy (non-hydrogen) atoms. The van der Waals surface area contributed by atoms with E-state index in [0.29, 0.717) is 23.0 Å². The monoisotopic (exact) mass is 524 g/mol. The number of likely N-dealkylation sites (tertiary alicyclic amines) is 1. The Kier molecular flexibility index (Phi) is 7.70. The number of benzene rings is 3. The largest absolute Gasteiger partial charge is 0.326 e. The maximum absolute atomic E-state index is 13.5. The quantitative estimate of drug-likeness (QED) is 0.293. The second-order valence-corrected chi connectivity index (χ2v) is 10.3. The van der Waals surface area contributed by atoms with Crippen molar-refractivity contribution in [1.29, 1.82) is 0 Å². The molecular weight excluding hydrogens is 491 g/mol. The molecule has 1 N–H and O–H groups in total. The smallest absolute Gasteiger partial charge is 0.228 e. The van der Waals surface area contributed by atoms with Crippen molar-refractivity contribution in [2.45, 2.75) is 46.1 Å². The molecule has 2 heterocycles. The fourth-order valence-corrected chi connectivity index (χ4v) is 5.32. The van der Waals surface area contributed by atoms with E-state index < -0.39 is 0 Å². The fourth-order valence-electron chi connectivity index (χ4n) is 5.32. The number of nitrogens with zero attached hydrogens (tertiary/aromatic N) is 3. The Morgan fingerprint density at radius 1 is 0.974 bits per heavy atom. The number of carbonyl (C=O) groups excluding carboxylic acids is 2. The van der Waals surface area contributed by atoms with Crippen LogP contribution < -0.4 is 5.32 Å². The molecule has 1 aliphatic heterocycles. The second-order valence-electron chi connectivity index (χ2n) is 10.3. The molecule has 1 fully saturated rings. The molecule has 6 nitrogen and oxygen atoms in total. The first-order valence-corrected chi connectivity index (χ1v) is 13.3. The van der Waals surface area contributed by atoms with Crippen LogP contribution in [0.3, 0.4) is 0 Å². The van der Waals surface area contributed by atoms with Crippen molar-refractivity contribution in [3.63, 3.8) is 0 Å². The summed E-state index contributed by atoms with van der Waals surface area (Å²) in [5.41, 5.74) is 6.18. The molecule has 0 atom stereocenters. The van der Waals surface area contributed by atoms with Gasteiger partial charge in [-0.25, -0.2) is 9.37 Å². The molecule has 5 rings (SSSR count). The number of imidazole rings is 1. The molecule has 3 aromatic carbocycles. The normalized spacial score (nSPS) is 14.4. The van der Waals surface area contributed by atoms with Crippen molar-refractivity contribution in [3.05, 3.63) is 113 Å². The van der Waals surface area contributed by atoms with Crippen molar-refractivity contribution < 1.29 is 14.0 Å². The van der Waals surface area contributed by atoms with Gasteiger partial charge in [-0.05, 0) is 93.2 Å². The van der Waals surface area contributed by atoms with Crippen LogP contribution in [-0.2, 0) is 11.3 Å². The van der Waals surface area contributed by atoms with Gasteiger partial charge in [0, 0.05) is 36.1 Å². The molecule has 1 saturated heterocycles. The molecule has 4 aromatic rings. The molecule has 0 unspecified atom stereocenters. The highest BCUT2D eigenvalue weighted by atomic mass is 19.1. The summed E-state index contributed by atoms with van der Waals surface area (Å²) < 4.78 is 15.3. The summed E-state index contributed by atoms with van der Waals surface area (Å²) in [6.45, 7) is 8.12. The zero-order valence-electron chi connectivity index (χ0n) is 22.6. The van der Waals surface area contributed by atoms with Crippen LogP contribution in [0.5, 0.6) is 0 Å². The lowest BCUT2D eigenvalue weighted by molar-refractivity contribution is -0.114. The minimum absolute atomic E-state index is 0.0574. The maximum Gasteiger partial charge on any atom is 0.228 e. The van der Waals surface area contributed by atoms with E-state index >= 15 is 0 Å². The van der Waals surface area contributed by atoms with Crippen LogP contribution in [0, 0.1) is 19.7 Å². The third-order valence-electron chi connectivity index (χ3n) is 7.52. The Hall–Kier alpha value is -4.10. The summed E-state index contributed by atoms with van der Waals surface area (Å²) in [6.07, 6.45) is 2.12. The van der Waals surface area contributed by atoms with E-state index in [0.717, 1.165) is 55.1 Å². The summed E-state index contributed by atoms with van der Waals surface area (Å²) in [5.74, 6) is 0.264. The molecule has 1 aliphatic rings. The van der Waals surface area contributed by atoms with Crippen LogP contribution in [0.15, 0.2) is 72.8 Å². The highest BCUT2D eigenvalue weighted by molar-refractivity contribution is 6.07. The third kappa shape index (κ3) is 5.99. The van der Waals surface area contributed by atoms with Crippen molar-refractivity contribution in [2.24, 2.45) is 0 Å². The number of anilines is 1. The van der Waals surface area contributed by atoms with E-state index in [1.165, 1.54) is 24.6 Å². The minimum Gasteiger partial charge on any atom is -0.326 e. The average Bonchev–Trinajstić information content (AvgIpc) is 3.23. The van der Waals surface area contributed by atoms with Gasteiger partial charge in [-0.1, -0.05) is 36.4 Å². The summed E-state index contributed by atoms with van der Waals surface area (Å²) >= 11 is 0. The van der Waals surface area contributed by atoms with Gasteiger partial charge in [-0.15, -0.1) is 0 Å². The number of aryl methyl sites for hydroxylation is 1. The van der Waals surface area contributed by atoms with Gasteiger partial charge >= 0.3 is 0 Å². The number of rotatable bonds is 7. The SMILES string of the molecule is CC(=O)Nc1cccc(C2CCN(Cc3ccc(C(=O)c4nc(C)c(C)n4-c4ccc(F)cc4)cc3)CC2)c1. The predicted molar refractivity (Wildman–Crippen MR) is 151 cm³/mol. The molecule has 200 valence electrons. The highest BCUT2D eigenvalue weighted by Crippen LogP contribution is 2.30. The molecular formula is C32H33FN4O2. The number of hydrogen-bond donors (Lipinski definition) is 1. The second kappa shape index (κ2) is 11.3. The van der Waals surface area contributed by atoms with E-state index in [-0.39, 0.29) is 17.5 Å².